The highest BCUT2D eigenvalue weighted by atomic mass is 14.7. The van der Waals surface area contributed by atoms with Gasteiger partial charge in [0.1, 0.15) is 0 Å². The SMILES string of the molecule is CCCCCCCCC1CCC1N. The molecule has 2 N–H and O–H groups in total. The number of unbranched alkanes of at least 4 members (excludes halogenated alkanes) is 5. The summed E-state index contributed by atoms with van der Waals surface area (Å²) >= 11 is 0. The van der Waals surface area contributed by atoms with Crippen LogP contribution in [0.1, 0.15) is 64.7 Å². The van der Waals surface area contributed by atoms with Crippen molar-refractivity contribution in [2.45, 2.75) is 70.8 Å². The molecule has 1 nitrogen and oxygen atoms in total. The van der Waals surface area contributed by atoms with Gasteiger partial charge in [0.2, 0.25) is 0 Å². The quantitative estimate of drug-likeness (QED) is 0.601. The second-order valence-electron chi connectivity index (χ2n) is 4.56. The molecule has 0 aromatic rings. The third kappa shape index (κ3) is 4.12. The van der Waals surface area contributed by atoms with Gasteiger partial charge in [-0.1, -0.05) is 45.4 Å². The Morgan fingerprint density at radius 2 is 1.69 bits per heavy atom. The summed E-state index contributed by atoms with van der Waals surface area (Å²) in [5.74, 6) is 0.881. The van der Waals surface area contributed by atoms with Crippen molar-refractivity contribution in [3.05, 3.63) is 0 Å². The highest BCUT2D eigenvalue weighted by Gasteiger charge is 2.25. The van der Waals surface area contributed by atoms with E-state index in [-0.39, 0.29) is 0 Å². The van der Waals surface area contributed by atoms with Gasteiger partial charge in [-0.3, -0.25) is 0 Å². The minimum Gasteiger partial charge on any atom is -0.327 e. The Kier molecular flexibility index (Phi) is 5.45. The van der Waals surface area contributed by atoms with E-state index in [4.69, 9.17) is 5.73 Å². The molecule has 1 aliphatic rings. The zero-order valence-electron chi connectivity index (χ0n) is 9.10. The molecule has 78 valence electrons. The Hall–Kier alpha value is -0.0400. The molecule has 1 aliphatic carbocycles. The first-order valence-corrected chi connectivity index (χ1v) is 6.10. The molecule has 0 bridgehead atoms. The molecule has 0 saturated heterocycles. The average molecular weight is 183 g/mol. The monoisotopic (exact) mass is 183 g/mol. The van der Waals surface area contributed by atoms with E-state index in [1.165, 1.54) is 57.8 Å². The lowest BCUT2D eigenvalue weighted by molar-refractivity contribution is 0.234. The van der Waals surface area contributed by atoms with Crippen molar-refractivity contribution < 1.29 is 0 Å². The summed E-state index contributed by atoms with van der Waals surface area (Å²) < 4.78 is 0. The van der Waals surface area contributed by atoms with Crippen molar-refractivity contribution >= 4 is 0 Å². The summed E-state index contributed by atoms with van der Waals surface area (Å²) in [6, 6.07) is 0.552. The molecule has 0 radical (unpaired) electrons. The van der Waals surface area contributed by atoms with Crippen molar-refractivity contribution in [1.29, 1.82) is 0 Å². The lowest BCUT2D eigenvalue weighted by atomic mass is 9.77. The summed E-state index contributed by atoms with van der Waals surface area (Å²) in [7, 11) is 0. The predicted molar refractivity (Wildman–Crippen MR) is 58.7 cm³/mol. The molecule has 0 aliphatic heterocycles. The molecule has 0 aromatic heterocycles. The number of nitrogens with two attached hydrogens (primary N) is 1. The zero-order chi connectivity index (χ0) is 9.52. The van der Waals surface area contributed by atoms with Gasteiger partial charge in [-0.25, -0.2) is 0 Å². The van der Waals surface area contributed by atoms with Crippen LogP contribution in [-0.2, 0) is 0 Å². The fourth-order valence-electron chi connectivity index (χ4n) is 2.14. The van der Waals surface area contributed by atoms with Gasteiger partial charge in [-0.05, 0) is 25.2 Å². The standard InChI is InChI=1S/C12H25N/c1-2-3-4-5-6-7-8-11-9-10-12(11)13/h11-12H,2-10,13H2,1H3. The molecule has 13 heavy (non-hydrogen) atoms. The number of hydrogen-bond acceptors (Lipinski definition) is 1. The van der Waals surface area contributed by atoms with Crippen LogP contribution in [0.4, 0.5) is 0 Å². The summed E-state index contributed by atoms with van der Waals surface area (Å²) in [5, 5.41) is 0. The van der Waals surface area contributed by atoms with E-state index in [1.807, 2.05) is 0 Å². The molecule has 2 atom stereocenters. The maximum absolute atomic E-state index is 5.89. The second-order valence-corrected chi connectivity index (χ2v) is 4.56. The van der Waals surface area contributed by atoms with Crippen LogP contribution < -0.4 is 5.73 Å². The van der Waals surface area contributed by atoms with Crippen LogP contribution in [0, 0.1) is 5.92 Å². The summed E-state index contributed by atoms with van der Waals surface area (Å²) in [6.07, 6.45) is 12.6. The van der Waals surface area contributed by atoms with Crippen LogP contribution in [-0.4, -0.2) is 6.04 Å². The first-order valence-electron chi connectivity index (χ1n) is 6.10. The third-order valence-electron chi connectivity index (χ3n) is 3.40. The smallest absolute Gasteiger partial charge is 0.00672 e. The van der Waals surface area contributed by atoms with E-state index in [9.17, 15) is 0 Å². The van der Waals surface area contributed by atoms with E-state index in [1.54, 1.807) is 0 Å². The Morgan fingerprint density at radius 1 is 1.00 bits per heavy atom. The Morgan fingerprint density at radius 3 is 2.23 bits per heavy atom. The van der Waals surface area contributed by atoms with Gasteiger partial charge in [0.25, 0.3) is 0 Å². The fraction of sp³-hybridized carbons (Fsp3) is 1.00. The van der Waals surface area contributed by atoms with Crippen LogP contribution >= 0.6 is 0 Å². The van der Waals surface area contributed by atoms with E-state index in [0.717, 1.165) is 5.92 Å². The van der Waals surface area contributed by atoms with Crippen molar-refractivity contribution in [1.82, 2.24) is 0 Å². The summed E-state index contributed by atoms with van der Waals surface area (Å²) in [6.45, 7) is 2.27. The molecule has 2 unspecified atom stereocenters. The second kappa shape index (κ2) is 6.42. The van der Waals surface area contributed by atoms with Crippen molar-refractivity contribution in [3.63, 3.8) is 0 Å². The van der Waals surface area contributed by atoms with Gasteiger partial charge in [-0.2, -0.15) is 0 Å². The maximum Gasteiger partial charge on any atom is 0.00672 e. The molecule has 0 amide bonds. The van der Waals surface area contributed by atoms with Gasteiger partial charge < -0.3 is 5.73 Å². The predicted octanol–water partition coefficient (Wildman–Crippen LogP) is 3.47. The number of rotatable bonds is 7. The Balaban J connectivity index is 1.79. The molecule has 1 saturated carbocycles. The fourth-order valence-corrected chi connectivity index (χ4v) is 2.14. The van der Waals surface area contributed by atoms with E-state index in [2.05, 4.69) is 6.92 Å². The molecule has 1 rings (SSSR count). The Bertz CT molecular complexity index is 122. The highest BCUT2D eigenvalue weighted by molar-refractivity contribution is 4.83. The minimum atomic E-state index is 0.552. The van der Waals surface area contributed by atoms with Crippen LogP contribution in [0.15, 0.2) is 0 Å². The maximum atomic E-state index is 5.89. The first kappa shape index (κ1) is 11.0. The third-order valence-corrected chi connectivity index (χ3v) is 3.40. The van der Waals surface area contributed by atoms with Crippen LogP contribution in [0.25, 0.3) is 0 Å². The highest BCUT2D eigenvalue weighted by Crippen LogP contribution is 2.30. The summed E-state index contributed by atoms with van der Waals surface area (Å²) in [5.41, 5.74) is 5.89. The lowest BCUT2D eigenvalue weighted by Gasteiger charge is -2.33. The van der Waals surface area contributed by atoms with Crippen molar-refractivity contribution in [2.24, 2.45) is 11.7 Å². The molecule has 1 heteroatoms. The van der Waals surface area contributed by atoms with Crippen molar-refractivity contribution in [3.8, 4) is 0 Å². The lowest BCUT2D eigenvalue weighted by Crippen LogP contribution is -2.39. The number of hydrogen-bond donors (Lipinski definition) is 1. The van der Waals surface area contributed by atoms with E-state index >= 15 is 0 Å². The van der Waals surface area contributed by atoms with Crippen LogP contribution in [0.2, 0.25) is 0 Å². The topological polar surface area (TPSA) is 26.0 Å². The van der Waals surface area contributed by atoms with Gasteiger partial charge in [0.15, 0.2) is 0 Å². The molecule has 0 spiro atoms. The molecule has 0 heterocycles. The Labute approximate surface area is 83.1 Å². The summed E-state index contributed by atoms with van der Waals surface area (Å²) in [4.78, 5) is 0. The first-order chi connectivity index (χ1) is 6.34. The molecule has 0 aromatic carbocycles. The normalized spacial score (nSPS) is 27.2. The van der Waals surface area contributed by atoms with Crippen LogP contribution in [0.3, 0.4) is 0 Å². The van der Waals surface area contributed by atoms with Crippen molar-refractivity contribution in [2.75, 3.05) is 0 Å². The largest absolute Gasteiger partial charge is 0.327 e. The molecule has 1 fully saturated rings. The average Bonchev–Trinajstić information content (AvgIpc) is 2.14. The van der Waals surface area contributed by atoms with Gasteiger partial charge >= 0.3 is 0 Å². The van der Waals surface area contributed by atoms with Crippen LogP contribution in [0.5, 0.6) is 0 Å². The van der Waals surface area contributed by atoms with Gasteiger partial charge in [0.05, 0.1) is 0 Å². The zero-order valence-corrected chi connectivity index (χ0v) is 9.10. The van der Waals surface area contributed by atoms with E-state index < -0.39 is 0 Å². The van der Waals surface area contributed by atoms with Gasteiger partial charge in [-0.15, -0.1) is 0 Å². The molecular weight excluding hydrogens is 158 g/mol. The molecular formula is C12H25N. The van der Waals surface area contributed by atoms with Gasteiger partial charge in [0, 0.05) is 6.04 Å². The van der Waals surface area contributed by atoms with E-state index in [0.29, 0.717) is 6.04 Å². The minimum absolute atomic E-state index is 0.552.